The number of hydrogen-bond donors (Lipinski definition) is 2. The molecule has 3 rings (SSSR count). The quantitative estimate of drug-likeness (QED) is 0.206. The zero-order chi connectivity index (χ0) is 29.1. The number of fused-ring (bicyclic) bond motifs is 1. The van der Waals surface area contributed by atoms with Crippen LogP contribution in [0.3, 0.4) is 0 Å². The molecule has 225 valence electrons. The second kappa shape index (κ2) is 18.4. The molecule has 1 fully saturated rings. The van der Waals surface area contributed by atoms with E-state index in [1.165, 1.54) is 3.40 Å². The molecule has 2 aromatic rings. The third-order valence-electron chi connectivity index (χ3n) is 6.60. The molecule has 0 spiro atoms. The van der Waals surface area contributed by atoms with Gasteiger partial charge >= 0.3 is 235 Å². The van der Waals surface area contributed by atoms with E-state index in [0.29, 0.717) is 26.2 Å². The van der Waals surface area contributed by atoms with Gasteiger partial charge in [-0.2, -0.15) is 0 Å². The maximum atomic E-state index is 12.7. The molecule has 1 atom stereocenters. The van der Waals surface area contributed by atoms with E-state index in [0.717, 1.165) is 8.97 Å². The molecule has 1 unspecified atom stereocenters. The number of carbonyl (C=O) groups is 4. The van der Waals surface area contributed by atoms with Gasteiger partial charge in [-0.3, -0.25) is 4.90 Å². The number of nitrogens with zero attached hydrogens (tertiary/aromatic N) is 4. The van der Waals surface area contributed by atoms with Gasteiger partial charge in [-0.1, -0.05) is 0 Å². The van der Waals surface area contributed by atoms with E-state index in [4.69, 9.17) is 0 Å². The summed E-state index contributed by atoms with van der Waals surface area (Å²) in [6.07, 6.45) is -0.912. The fraction of sp³-hybridized carbons (Fsp3) is 0.538. The molecule has 1 amide bonds. The molecule has 2 heterocycles. The van der Waals surface area contributed by atoms with Gasteiger partial charge in [0.05, 0.1) is 5.97 Å². The van der Waals surface area contributed by atoms with Gasteiger partial charge in [-0.25, -0.2) is 0 Å². The van der Waals surface area contributed by atoms with Gasteiger partial charge in [-0.15, -0.1) is 0 Å². The third-order valence-corrected chi connectivity index (χ3v) is 9.79. The standard InChI is InChI=1S/C26H37N5O8Te.Gd/c32-20(14-27-26(39)22-13-19-3-1-2-4-21(19)40-22)15-28-5-7-29(16-23(33)34)9-11-31(18-25(37)38)12-10-30(8-6-28)17-24(35)36;/h1-4,13,20,32H,5-12,14-18H2,(H,27,39)(H,33,34)(H,35,36)(H,37,38);/q;+3/p-3. The second-order valence-electron chi connectivity index (χ2n) is 9.76. The van der Waals surface area contributed by atoms with E-state index in [1.54, 1.807) is 14.7 Å². The topological polar surface area (TPSA) is 183 Å². The van der Waals surface area contributed by atoms with Crippen LogP contribution in [0.25, 0.3) is 8.79 Å². The van der Waals surface area contributed by atoms with Crippen LogP contribution in [0.5, 0.6) is 0 Å². The van der Waals surface area contributed by atoms with Crippen molar-refractivity contribution in [1.82, 2.24) is 24.9 Å². The second-order valence-corrected chi connectivity index (χ2v) is 12.9. The first kappa shape index (κ1) is 35.9. The molecule has 1 aromatic heterocycles. The van der Waals surface area contributed by atoms with Crippen LogP contribution in [0.2, 0.25) is 0 Å². The summed E-state index contributed by atoms with van der Waals surface area (Å²) < 4.78 is 1.94. The normalized spacial score (nSPS) is 17.6. The van der Waals surface area contributed by atoms with E-state index in [2.05, 4.69) is 5.32 Å². The summed E-state index contributed by atoms with van der Waals surface area (Å²) >= 11 is -0.785. The number of hydrogen-bond acceptors (Lipinski definition) is 12. The number of aliphatic hydroxyl groups excluding tert-OH is 1. The number of aliphatic hydroxyl groups is 1. The minimum Gasteiger partial charge on any atom is 3.00 e. The molecule has 2 N–H and O–H groups in total. The van der Waals surface area contributed by atoms with Gasteiger partial charge in [0.2, 0.25) is 0 Å². The number of rotatable bonds is 11. The number of nitrogens with one attached hydrogen (secondary N) is 1. The van der Waals surface area contributed by atoms with Crippen LogP contribution in [0.4, 0.5) is 0 Å². The van der Waals surface area contributed by atoms with Crippen molar-refractivity contribution in [3.05, 3.63) is 33.9 Å². The Bertz CT molecular complexity index is 1100. The minimum atomic E-state index is -1.28. The van der Waals surface area contributed by atoms with Gasteiger partial charge in [0.15, 0.2) is 0 Å². The van der Waals surface area contributed by atoms with Crippen molar-refractivity contribution < 1.29 is 79.5 Å². The first-order valence-electron chi connectivity index (χ1n) is 13.0. The number of β-amino-alcohol motifs (C(OH)–C–C–N with tert-alkyl or cyclic N) is 1. The Morgan fingerprint density at radius 1 is 0.780 bits per heavy atom. The fourth-order valence-corrected chi connectivity index (χ4v) is 7.33. The van der Waals surface area contributed by atoms with Crippen molar-refractivity contribution in [3.8, 4) is 0 Å². The van der Waals surface area contributed by atoms with E-state index in [1.807, 2.05) is 35.2 Å². The van der Waals surface area contributed by atoms with Crippen molar-refractivity contribution in [2.45, 2.75) is 6.10 Å². The summed E-state index contributed by atoms with van der Waals surface area (Å²) in [4.78, 5) is 53.2. The molecule has 1 aromatic carbocycles. The molecule has 15 heteroatoms. The smallest absolute Gasteiger partial charge is 3.00 e. The van der Waals surface area contributed by atoms with Crippen LogP contribution in [-0.2, 0) is 14.4 Å². The van der Waals surface area contributed by atoms with Gasteiger partial charge in [0, 0.05) is 6.54 Å². The molecule has 1 aliphatic heterocycles. The molecule has 0 saturated carbocycles. The van der Waals surface area contributed by atoms with Crippen LogP contribution in [0.1, 0.15) is 8.37 Å². The van der Waals surface area contributed by atoms with Gasteiger partial charge < -0.3 is 29.7 Å². The zero-order valence-electron chi connectivity index (χ0n) is 22.5. The Morgan fingerprint density at radius 2 is 1.22 bits per heavy atom. The van der Waals surface area contributed by atoms with Gasteiger partial charge in [0.25, 0.3) is 0 Å². The molecule has 13 nitrogen and oxygen atoms in total. The van der Waals surface area contributed by atoms with Crippen molar-refractivity contribution >= 4 is 53.0 Å². The minimum absolute atomic E-state index is 0. The molecule has 1 radical (unpaired) electrons. The number of carbonyl (C=O) groups excluding carboxylic acids is 4. The van der Waals surface area contributed by atoms with Crippen molar-refractivity contribution in [1.29, 1.82) is 0 Å². The summed E-state index contributed by atoms with van der Waals surface area (Å²) in [5.41, 5.74) is 0. The number of benzene rings is 1. The molecule has 41 heavy (non-hydrogen) atoms. The zero-order valence-corrected chi connectivity index (χ0v) is 27.1. The summed E-state index contributed by atoms with van der Waals surface area (Å²) in [6.45, 7) is 1.40. The average Bonchev–Trinajstić information content (AvgIpc) is 3.32. The Hall–Kier alpha value is -1.25. The van der Waals surface area contributed by atoms with E-state index in [9.17, 15) is 39.6 Å². The Kier molecular flexibility index (Phi) is 16.2. The summed E-state index contributed by atoms with van der Waals surface area (Å²) in [5, 5.41) is 48.4. The SMILES string of the molecule is O=C([O-])CN1CCN(CC(=O)[O-])CCN(CC(O)CNC(=O)c2cc3ccccc3[te]2)CCN(CC(=O)[O-])CC1.[Gd+3]. The van der Waals surface area contributed by atoms with Gasteiger partial charge in [-0.05, 0) is 0 Å². The van der Waals surface area contributed by atoms with E-state index in [-0.39, 0.29) is 105 Å². The molecular formula is C26H34GdN5O8Te. The Morgan fingerprint density at radius 3 is 1.66 bits per heavy atom. The average molecular weight is 829 g/mol. The number of aliphatic carboxylic acids is 3. The third kappa shape index (κ3) is 13.3. The van der Waals surface area contributed by atoms with Gasteiger partial charge in [0.1, 0.15) is 0 Å². The monoisotopic (exact) mass is 832 g/mol. The van der Waals surface area contributed by atoms with Crippen LogP contribution in [-0.4, -0.2) is 160 Å². The van der Waals surface area contributed by atoms with E-state index < -0.39 is 44.4 Å². The summed E-state index contributed by atoms with van der Waals surface area (Å²) in [7, 11) is 0. The first-order chi connectivity index (χ1) is 19.1. The molecule has 0 aliphatic carbocycles. The maximum absolute atomic E-state index is 12.7. The Labute approximate surface area is 280 Å². The van der Waals surface area contributed by atoms with Crippen molar-refractivity contribution in [2.24, 2.45) is 0 Å². The fourth-order valence-electron chi connectivity index (χ4n) is 4.54. The summed E-state index contributed by atoms with van der Waals surface area (Å²) in [5.74, 6) is -4.01. The van der Waals surface area contributed by atoms with Crippen molar-refractivity contribution in [3.63, 3.8) is 0 Å². The predicted molar refractivity (Wildman–Crippen MR) is 140 cm³/mol. The van der Waals surface area contributed by atoms with Crippen molar-refractivity contribution in [2.75, 3.05) is 85.1 Å². The predicted octanol–water partition coefficient (Wildman–Crippen LogP) is -5.54. The number of carboxylic acids is 3. The molecule has 1 aliphatic rings. The first-order valence-corrected chi connectivity index (χ1v) is 15.4. The summed E-state index contributed by atoms with van der Waals surface area (Å²) in [6, 6.07) is 9.76. The molecular weight excluding hydrogens is 795 g/mol. The van der Waals surface area contributed by atoms with Crippen LogP contribution < -0.4 is 20.6 Å². The molecule has 1 saturated heterocycles. The molecule has 0 bridgehead atoms. The van der Waals surface area contributed by atoms with E-state index >= 15 is 0 Å². The Balaban J connectivity index is 0.00000588. The number of amides is 1. The number of carboxylic acid groups (broad SMARTS) is 3. The van der Waals surface area contributed by atoms with Crippen LogP contribution in [0.15, 0.2) is 30.3 Å². The van der Waals surface area contributed by atoms with Crippen LogP contribution in [0, 0.1) is 39.9 Å². The van der Waals surface area contributed by atoms with Crippen LogP contribution >= 0.6 is 0 Å².